The molecule has 0 aliphatic rings. The van der Waals surface area contributed by atoms with Crippen LogP contribution in [0.1, 0.15) is 28.7 Å². The maximum atomic E-state index is 12.8. The number of aromatic nitrogens is 1. The molecule has 0 saturated heterocycles. The Morgan fingerprint density at radius 2 is 1.68 bits per heavy atom. The molecular weight excluding hydrogens is 396 g/mol. The third-order valence-corrected chi connectivity index (χ3v) is 4.98. The molecule has 3 rings (SSSR count). The van der Waals surface area contributed by atoms with Gasteiger partial charge in [-0.05, 0) is 51.1 Å². The zero-order valence-corrected chi connectivity index (χ0v) is 18.3. The van der Waals surface area contributed by atoms with Crippen molar-refractivity contribution in [1.29, 1.82) is 0 Å². The topological polar surface area (TPSA) is 78.8 Å². The summed E-state index contributed by atoms with van der Waals surface area (Å²) in [5.74, 6) is 0.000455. The van der Waals surface area contributed by atoms with Crippen LogP contribution in [0.3, 0.4) is 0 Å². The normalized spacial score (nSPS) is 11.5. The minimum atomic E-state index is -1.01. The van der Waals surface area contributed by atoms with Crippen LogP contribution in [-0.2, 0) is 9.53 Å². The molecular formula is C24H26N2O5. The van der Waals surface area contributed by atoms with E-state index in [4.69, 9.17) is 14.2 Å². The van der Waals surface area contributed by atoms with Crippen molar-refractivity contribution in [2.24, 2.45) is 0 Å². The van der Waals surface area contributed by atoms with Gasteiger partial charge in [0.25, 0.3) is 5.91 Å². The first-order valence-electron chi connectivity index (χ1n) is 9.84. The van der Waals surface area contributed by atoms with Gasteiger partial charge in [-0.1, -0.05) is 18.2 Å². The molecule has 1 atom stereocenters. The predicted octanol–water partition coefficient (Wildman–Crippen LogP) is 4.30. The van der Waals surface area contributed by atoms with E-state index in [1.54, 1.807) is 24.3 Å². The molecule has 0 aliphatic carbocycles. The molecule has 0 bridgehead atoms. The average molecular weight is 422 g/mol. The number of carbonyl (C=O) groups is 2. The Labute approximate surface area is 181 Å². The Hall–Kier alpha value is -3.74. The van der Waals surface area contributed by atoms with Crippen LogP contribution >= 0.6 is 0 Å². The van der Waals surface area contributed by atoms with Gasteiger partial charge in [-0.3, -0.25) is 4.79 Å². The van der Waals surface area contributed by atoms with Gasteiger partial charge in [0.1, 0.15) is 11.5 Å². The van der Waals surface area contributed by atoms with Crippen molar-refractivity contribution < 1.29 is 23.8 Å². The van der Waals surface area contributed by atoms with Crippen LogP contribution < -0.4 is 14.8 Å². The highest BCUT2D eigenvalue weighted by molar-refractivity contribution is 5.98. The van der Waals surface area contributed by atoms with Gasteiger partial charge < -0.3 is 24.1 Å². The number of esters is 1. The van der Waals surface area contributed by atoms with Crippen LogP contribution in [-0.4, -0.2) is 36.8 Å². The summed E-state index contributed by atoms with van der Waals surface area (Å²) in [7, 11) is 3.03. The zero-order valence-electron chi connectivity index (χ0n) is 18.3. The van der Waals surface area contributed by atoms with Gasteiger partial charge in [-0.15, -0.1) is 0 Å². The van der Waals surface area contributed by atoms with Gasteiger partial charge in [0, 0.05) is 23.1 Å². The molecule has 2 aromatic carbocycles. The largest absolute Gasteiger partial charge is 0.497 e. The summed E-state index contributed by atoms with van der Waals surface area (Å²) < 4.78 is 17.9. The summed E-state index contributed by atoms with van der Waals surface area (Å²) in [6, 6.07) is 16.5. The summed E-state index contributed by atoms with van der Waals surface area (Å²) in [5.41, 5.74) is 3.44. The first-order chi connectivity index (χ1) is 14.8. The highest BCUT2D eigenvalue weighted by Crippen LogP contribution is 2.29. The van der Waals surface area contributed by atoms with E-state index in [-0.39, 0.29) is 0 Å². The first kappa shape index (κ1) is 22.0. The minimum absolute atomic E-state index is 0.417. The monoisotopic (exact) mass is 422 g/mol. The molecule has 1 unspecified atom stereocenters. The summed E-state index contributed by atoms with van der Waals surface area (Å²) in [5, 5.41) is 2.72. The number of nitrogens with one attached hydrogen (secondary N) is 1. The van der Waals surface area contributed by atoms with Crippen LogP contribution in [0.2, 0.25) is 0 Å². The number of ether oxygens (including phenoxy) is 3. The van der Waals surface area contributed by atoms with E-state index >= 15 is 0 Å². The minimum Gasteiger partial charge on any atom is -0.497 e. The molecule has 1 amide bonds. The van der Waals surface area contributed by atoms with Crippen molar-refractivity contribution in [1.82, 2.24) is 4.57 Å². The fourth-order valence-electron chi connectivity index (χ4n) is 3.37. The Morgan fingerprint density at radius 3 is 2.32 bits per heavy atom. The van der Waals surface area contributed by atoms with Crippen molar-refractivity contribution in [3.05, 3.63) is 71.5 Å². The Kier molecular flexibility index (Phi) is 6.65. The molecule has 0 spiro atoms. The number of hydrogen-bond donors (Lipinski definition) is 1. The molecule has 1 aromatic heterocycles. The number of para-hydroxylation sites is 1. The van der Waals surface area contributed by atoms with Crippen LogP contribution in [0.4, 0.5) is 5.69 Å². The van der Waals surface area contributed by atoms with E-state index < -0.39 is 18.0 Å². The fourth-order valence-corrected chi connectivity index (χ4v) is 3.37. The van der Waals surface area contributed by atoms with Crippen LogP contribution in [0.25, 0.3) is 5.69 Å². The average Bonchev–Trinajstić information content (AvgIpc) is 3.08. The molecule has 0 radical (unpaired) electrons. The lowest BCUT2D eigenvalue weighted by molar-refractivity contribution is -0.123. The second-order valence-electron chi connectivity index (χ2n) is 7.06. The summed E-state index contributed by atoms with van der Waals surface area (Å²) in [4.78, 5) is 25.4. The molecule has 31 heavy (non-hydrogen) atoms. The van der Waals surface area contributed by atoms with E-state index in [0.29, 0.717) is 22.7 Å². The number of amides is 1. The van der Waals surface area contributed by atoms with Crippen LogP contribution in [0.15, 0.2) is 54.6 Å². The molecule has 7 nitrogen and oxygen atoms in total. The Bertz CT molecular complexity index is 1090. The van der Waals surface area contributed by atoms with E-state index in [1.165, 1.54) is 21.1 Å². The van der Waals surface area contributed by atoms with Gasteiger partial charge in [0.2, 0.25) is 0 Å². The maximum Gasteiger partial charge on any atom is 0.340 e. The summed E-state index contributed by atoms with van der Waals surface area (Å²) in [6.45, 7) is 5.29. The maximum absolute atomic E-state index is 12.8. The van der Waals surface area contributed by atoms with Crippen molar-refractivity contribution in [2.75, 3.05) is 19.5 Å². The lowest BCUT2D eigenvalue weighted by Gasteiger charge is -2.16. The highest BCUT2D eigenvalue weighted by Gasteiger charge is 2.24. The third-order valence-electron chi connectivity index (χ3n) is 4.98. The second-order valence-corrected chi connectivity index (χ2v) is 7.06. The molecule has 3 aromatic rings. The number of anilines is 1. The van der Waals surface area contributed by atoms with E-state index in [9.17, 15) is 9.59 Å². The predicted molar refractivity (Wildman–Crippen MR) is 118 cm³/mol. The number of nitrogens with zero attached hydrogens (tertiary/aromatic N) is 1. The third kappa shape index (κ3) is 4.71. The van der Waals surface area contributed by atoms with Crippen molar-refractivity contribution >= 4 is 17.6 Å². The van der Waals surface area contributed by atoms with Crippen LogP contribution in [0, 0.1) is 13.8 Å². The summed E-state index contributed by atoms with van der Waals surface area (Å²) in [6.07, 6.45) is -1.01. The van der Waals surface area contributed by atoms with E-state index in [2.05, 4.69) is 5.32 Å². The lowest BCUT2D eigenvalue weighted by atomic mass is 10.2. The number of benzene rings is 2. The van der Waals surface area contributed by atoms with E-state index in [0.717, 1.165) is 17.1 Å². The first-order valence-corrected chi connectivity index (χ1v) is 9.84. The Balaban J connectivity index is 1.75. The number of rotatable bonds is 7. The van der Waals surface area contributed by atoms with Crippen LogP contribution in [0.5, 0.6) is 11.5 Å². The highest BCUT2D eigenvalue weighted by atomic mass is 16.5. The molecule has 0 aliphatic heterocycles. The second kappa shape index (κ2) is 9.38. The van der Waals surface area contributed by atoms with Gasteiger partial charge in [-0.2, -0.15) is 0 Å². The van der Waals surface area contributed by atoms with Gasteiger partial charge in [0.15, 0.2) is 6.10 Å². The lowest BCUT2D eigenvalue weighted by Crippen LogP contribution is -2.30. The standard InChI is InChI=1S/C24H26N2O5/c1-15-13-20(16(2)26(15)18-9-7-6-8-10-18)24(28)31-17(3)23(27)25-21-14-19(29-4)11-12-22(21)30-5/h6-14,17H,1-5H3,(H,25,27). The van der Waals surface area contributed by atoms with Gasteiger partial charge in [0.05, 0.1) is 25.5 Å². The van der Waals surface area contributed by atoms with E-state index in [1.807, 2.05) is 48.7 Å². The quantitative estimate of drug-likeness (QED) is 0.575. The molecule has 162 valence electrons. The SMILES string of the molecule is COc1ccc(OC)c(NC(=O)C(C)OC(=O)c2cc(C)n(-c3ccccc3)c2C)c1. The number of carbonyl (C=O) groups excluding carboxylic acids is 2. The fraction of sp³-hybridized carbons (Fsp3) is 0.250. The number of hydrogen-bond acceptors (Lipinski definition) is 5. The van der Waals surface area contributed by atoms with Crippen molar-refractivity contribution in [2.45, 2.75) is 26.9 Å². The summed E-state index contributed by atoms with van der Waals surface area (Å²) >= 11 is 0. The van der Waals surface area contributed by atoms with Crippen molar-refractivity contribution in [3.63, 3.8) is 0 Å². The zero-order chi connectivity index (χ0) is 22.5. The number of aryl methyl sites for hydroxylation is 1. The number of methoxy groups -OCH3 is 2. The molecule has 1 heterocycles. The molecule has 1 N–H and O–H groups in total. The smallest absolute Gasteiger partial charge is 0.340 e. The Morgan fingerprint density at radius 1 is 0.968 bits per heavy atom. The molecule has 0 fully saturated rings. The molecule has 0 saturated carbocycles. The van der Waals surface area contributed by atoms with Crippen molar-refractivity contribution in [3.8, 4) is 17.2 Å². The molecule has 7 heteroatoms. The van der Waals surface area contributed by atoms with Gasteiger partial charge >= 0.3 is 5.97 Å². The van der Waals surface area contributed by atoms with Gasteiger partial charge in [-0.25, -0.2) is 4.79 Å².